The van der Waals surface area contributed by atoms with E-state index in [0.717, 1.165) is 24.1 Å². The first-order chi connectivity index (χ1) is 12.3. The lowest BCUT2D eigenvalue weighted by Crippen LogP contribution is -2.55. The van der Waals surface area contributed by atoms with Crippen molar-refractivity contribution < 1.29 is 18.3 Å². The third-order valence-electron chi connectivity index (χ3n) is 5.40. The molecule has 1 unspecified atom stereocenters. The molecule has 1 aliphatic heterocycles. The molecule has 2 aliphatic rings. The summed E-state index contributed by atoms with van der Waals surface area (Å²) in [6, 6.07) is 0.235. The van der Waals surface area contributed by atoms with Crippen molar-refractivity contribution in [2.75, 3.05) is 40.3 Å². The van der Waals surface area contributed by atoms with Crippen molar-refractivity contribution in [2.45, 2.75) is 38.8 Å². The summed E-state index contributed by atoms with van der Waals surface area (Å²) in [6.45, 7) is 4.89. The molecule has 146 valence electrons. The smallest absolute Gasteiger partial charge is 0.356 e. The van der Waals surface area contributed by atoms with Gasteiger partial charge in [-0.1, -0.05) is 0 Å². The fourth-order valence-electron chi connectivity index (χ4n) is 3.94. The van der Waals surface area contributed by atoms with Crippen LogP contribution in [0.1, 0.15) is 35.1 Å². The number of carboxylic acid groups (broad SMARTS) is 1. The summed E-state index contributed by atoms with van der Waals surface area (Å²) < 4.78 is 29.0. The highest BCUT2D eigenvalue weighted by molar-refractivity contribution is 7.86. The first-order valence-electron chi connectivity index (χ1n) is 8.99. The minimum absolute atomic E-state index is 0.167. The molecule has 0 spiro atoms. The van der Waals surface area contributed by atoms with Crippen LogP contribution in [0.3, 0.4) is 0 Å². The quantitative estimate of drug-likeness (QED) is 0.759. The van der Waals surface area contributed by atoms with Gasteiger partial charge < -0.3 is 5.11 Å². The van der Waals surface area contributed by atoms with Crippen LogP contribution in [0.5, 0.6) is 0 Å². The standard InChI is InChI=1S/C16H27N5O4S/c1-4-21-14-6-5-12(11-13(14)15(17-21)16(22)23)19-7-9-20(10-8-19)26(24,25)18(2)3/h12H,4-11H2,1-3H3,(H,22,23). The minimum Gasteiger partial charge on any atom is -0.476 e. The van der Waals surface area contributed by atoms with Gasteiger partial charge in [0.25, 0.3) is 10.2 Å². The van der Waals surface area contributed by atoms with Gasteiger partial charge in [-0.25, -0.2) is 4.79 Å². The summed E-state index contributed by atoms with van der Waals surface area (Å²) in [6.07, 6.45) is 2.42. The monoisotopic (exact) mass is 385 g/mol. The predicted molar refractivity (Wildman–Crippen MR) is 96.4 cm³/mol. The maximum atomic E-state index is 12.2. The van der Waals surface area contributed by atoms with Gasteiger partial charge in [0.05, 0.1) is 0 Å². The van der Waals surface area contributed by atoms with E-state index in [9.17, 15) is 18.3 Å². The first-order valence-corrected chi connectivity index (χ1v) is 10.4. The third kappa shape index (κ3) is 3.38. The Balaban J connectivity index is 1.71. The largest absolute Gasteiger partial charge is 0.476 e. The molecule has 1 aromatic heterocycles. The maximum absolute atomic E-state index is 12.2. The van der Waals surface area contributed by atoms with Gasteiger partial charge in [-0.05, 0) is 26.2 Å². The number of carbonyl (C=O) groups is 1. The van der Waals surface area contributed by atoms with Gasteiger partial charge >= 0.3 is 5.97 Å². The van der Waals surface area contributed by atoms with Crippen molar-refractivity contribution in [2.24, 2.45) is 0 Å². The highest BCUT2D eigenvalue weighted by Crippen LogP contribution is 2.28. The van der Waals surface area contributed by atoms with Crippen LogP contribution in [0.25, 0.3) is 0 Å². The van der Waals surface area contributed by atoms with E-state index < -0.39 is 16.2 Å². The number of piperazine rings is 1. The molecule has 1 N–H and O–H groups in total. The fraction of sp³-hybridized carbons (Fsp3) is 0.750. The van der Waals surface area contributed by atoms with E-state index >= 15 is 0 Å². The molecule has 2 heterocycles. The zero-order valence-electron chi connectivity index (χ0n) is 15.6. The number of hydrogen-bond acceptors (Lipinski definition) is 5. The van der Waals surface area contributed by atoms with Crippen LogP contribution in [-0.2, 0) is 29.6 Å². The highest BCUT2D eigenvalue weighted by Gasteiger charge is 2.35. The van der Waals surface area contributed by atoms with Crippen molar-refractivity contribution >= 4 is 16.2 Å². The SMILES string of the molecule is CCn1nc(C(=O)O)c2c1CCC(N1CCN(S(=O)(=O)N(C)C)CC1)C2. The zero-order chi connectivity index (χ0) is 19.1. The van der Waals surface area contributed by atoms with Crippen LogP contribution in [-0.4, -0.2) is 89.1 Å². The van der Waals surface area contributed by atoms with Gasteiger partial charge in [-0.2, -0.15) is 22.1 Å². The van der Waals surface area contributed by atoms with Gasteiger partial charge in [0.15, 0.2) is 5.69 Å². The Morgan fingerprint density at radius 3 is 2.46 bits per heavy atom. The number of aromatic carboxylic acids is 1. The lowest BCUT2D eigenvalue weighted by atomic mass is 9.90. The van der Waals surface area contributed by atoms with Crippen molar-refractivity contribution in [1.29, 1.82) is 0 Å². The van der Waals surface area contributed by atoms with E-state index in [4.69, 9.17) is 0 Å². The molecule has 1 saturated heterocycles. The average Bonchev–Trinajstić information content (AvgIpc) is 3.00. The zero-order valence-corrected chi connectivity index (χ0v) is 16.4. The Labute approximate surface area is 154 Å². The summed E-state index contributed by atoms with van der Waals surface area (Å²) in [4.78, 5) is 13.8. The van der Waals surface area contributed by atoms with Crippen LogP contribution in [0.2, 0.25) is 0 Å². The molecule has 0 amide bonds. The van der Waals surface area contributed by atoms with E-state index in [1.807, 2.05) is 6.92 Å². The molecule has 9 nitrogen and oxygen atoms in total. The van der Waals surface area contributed by atoms with Crippen LogP contribution in [0.4, 0.5) is 0 Å². The lowest BCUT2D eigenvalue weighted by molar-refractivity contribution is 0.0686. The topological polar surface area (TPSA) is 99.0 Å². The van der Waals surface area contributed by atoms with Crippen LogP contribution >= 0.6 is 0 Å². The predicted octanol–water partition coefficient (Wildman–Crippen LogP) is -0.117. The second-order valence-electron chi connectivity index (χ2n) is 7.02. The number of fused-ring (bicyclic) bond motifs is 1. The van der Waals surface area contributed by atoms with Gasteiger partial charge in [0.1, 0.15) is 0 Å². The molecule has 0 aromatic carbocycles. The van der Waals surface area contributed by atoms with Crippen molar-refractivity contribution in [3.8, 4) is 0 Å². The molecule has 26 heavy (non-hydrogen) atoms. The van der Waals surface area contributed by atoms with Crippen molar-refractivity contribution in [3.63, 3.8) is 0 Å². The summed E-state index contributed by atoms with van der Waals surface area (Å²) in [5, 5.41) is 13.7. The van der Waals surface area contributed by atoms with Gasteiger partial charge in [-0.15, -0.1) is 0 Å². The number of aryl methyl sites for hydroxylation is 1. The highest BCUT2D eigenvalue weighted by atomic mass is 32.2. The molecule has 0 radical (unpaired) electrons. The fourth-order valence-corrected chi connectivity index (χ4v) is 5.03. The molecule has 0 bridgehead atoms. The van der Waals surface area contributed by atoms with E-state index in [1.54, 1.807) is 18.8 Å². The molecular formula is C16H27N5O4S. The van der Waals surface area contributed by atoms with Gasteiger partial charge in [0, 0.05) is 64.1 Å². The molecule has 3 rings (SSSR count). The number of aromatic nitrogens is 2. The van der Waals surface area contributed by atoms with Crippen LogP contribution in [0.15, 0.2) is 0 Å². The van der Waals surface area contributed by atoms with Gasteiger partial charge in [0.2, 0.25) is 0 Å². The maximum Gasteiger partial charge on any atom is 0.356 e. The van der Waals surface area contributed by atoms with Crippen LogP contribution < -0.4 is 0 Å². The Bertz CT molecular complexity index is 781. The Morgan fingerprint density at radius 1 is 1.27 bits per heavy atom. The van der Waals surface area contributed by atoms with Crippen molar-refractivity contribution in [1.82, 2.24) is 23.3 Å². The second kappa shape index (κ2) is 7.26. The molecule has 10 heteroatoms. The second-order valence-corrected chi connectivity index (χ2v) is 9.16. The first kappa shape index (κ1) is 19.3. The Kier molecular flexibility index (Phi) is 5.38. The minimum atomic E-state index is -3.37. The molecule has 0 saturated carbocycles. The van der Waals surface area contributed by atoms with Gasteiger partial charge in [-0.3, -0.25) is 9.58 Å². The van der Waals surface area contributed by atoms with E-state index in [-0.39, 0.29) is 11.7 Å². The molecule has 1 aliphatic carbocycles. The molecule has 1 atom stereocenters. The number of nitrogens with zero attached hydrogens (tertiary/aromatic N) is 5. The van der Waals surface area contributed by atoms with Crippen molar-refractivity contribution in [3.05, 3.63) is 17.0 Å². The molecule has 1 aromatic rings. The third-order valence-corrected chi connectivity index (χ3v) is 7.34. The molecular weight excluding hydrogens is 358 g/mol. The van der Waals surface area contributed by atoms with E-state index in [2.05, 4.69) is 10.00 Å². The Morgan fingerprint density at radius 2 is 1.92 bits per heavy atom. The number of carboxylic acids is 1. The number of rotatable bonds is 5. The summed E-state index contributed by atoms with van der Waals surface area (Å²) >= 11 is 0. The Hall–Kier alpha value is -1.49. The van der Waals surface area contributed by atoms with E-state index in [1.165, 1.54) is 8.61 Å². The molecule has 1 fully saturated rings. The van der Waals surface area contributed by atoms with E-state index in [0.29, 0.717) is 39.1 Å². The summed E-state index contributed by atoms with van der Waals surface area (Å²) in [5.74, 6) is -0.976. The normalized spacial score (nSPS) is 22.5. The summed E-state index contributed by atoms with van der Waals surface area (Å²) in [7, 11) is -0.282. The summed E-state index contributed by atoms with van der Waals surface area (Å²) in [5.41, 5.74) is 2.05. The lowest BCUT2D eigenvalue weighted by Gasteiger charge is -2.40. The average molecular weight is 385 g/mol. The van der Waals surface area contributed by atoms with Crippen LogP contribution in [0, 0.1) is 0 Å². The number of hydrogen-bond donors (Lipinski definition) is 1.